The average Bonchev–Trinajstić information content (AvgIpc) is 2.37. The monoisotopic (exact) mass is 221 g/mol. The van der Waals surface area contributed by atoms with Crippen molar-refractivity contribution in [1.29, 1.82) is 0 Å². The number of hydrogen-bond acceptors (Lipinski definition) is 2. The van der Waals surface area contributed by atoms with Crippen molar-refractivity contribution in [1.82, 2.24) is 9.78 Å². The van der Waals surface area contributed by atoms with E-state index >= 15 is 0 Å². The van der Waals surface area contributed by atoms with Crippen LogP contribution in [0.3, 0.4) is 0 Å². The zero-order valence-electron chi connectivity index (χ0n) is 7.81. The zero-order chi connectivity index (χ0) is 10.7. The van der Waals surface area contributed by atoms with E-state index in [1.54, 1.807) is 14.0 Å². The predicted molar refractivity (Wildman–Crippen MR) is 48.4 cm³/mol. The molecule has 1 aromatic heterocycles. The van der Waals surface area contributed by atoms with Crippen LogP contribution < -0.4 is 5.73 Å². The van der Waals surface area contributed by atoms with Gasteiger partial charge in [-0.25, -0.2) is 8.78 Å². The standard InChI is InChI=1S/C8H10ClF2N3/c1-4-5(6(9)14(2)13-4)7(12)3-8(7,10)11/h3,12H2,1-2H3. The molecule has 1 aromatic rings. The van der Waals surface area contributed by atoms with Crippen molar-refractivity contribution in [2.45, 2.75) is 24.8 Å². The van der Waals surface area contributed by atoms with Crippen LogP contribution >= 0.6 is 11.6 Å². The summed E-state index contributed by atoms with van der Waals surface area (Å²) >= 11 is 5.85. The van der Waals surface area contributed by atoms with Crippen LogP contribution in [-0.2, 0) is 12.6 Å². The van der Waals surface area contributed by atoms with Crippen LogP contribution in [0.1, 0.15) is 17.7 Å². The third-order valence-corrected chi connectivity index (χ3v) is 3.06. The second-order valence-electron chi connectivity index (χ2n) is 3.73. The van der Waals surface area contributed by atoms with Crippen LogP contribution in [-0.4, -0.2) is 15.7 Å². The summed E-state index contributed by atoms with van der Waals surface area (Å²) in [6, 6.07) is 0. The van der Waals surface area contributed by atoms with E-state index in [0.717, 1.165) is 0 Å². The molecule has 1 atom stereocenters. The van der Waals surface area contributed by atoms with E-state index in [1.807, 2.05) is 0 Å². The molecule has 14 heavy (non-hydrogen) atoms. The summed E-state index contributed by atoms with van der Waals surface area (Å²) in [6.45, 7) is 1.63. The molecule has 0 bridgehead atoms. The Labute approximate surface area is 84.8 Å². The molecule has 1 aliphatic carbocycles. The van der Waals surface area contributed by atoms with Crippen LogP contribution in [0.25, 0.3) is 0 Å². The molecule has 1 fully saturated rings. The number of hydrogen-bond donors (Lipinski definition) is 1. The van der Waals surface area contributed by atoms with Crippen molar-refractivity contribution < 1.29 is 8.78 Å². The Morgan fingerprint density at radius 3 is 2.36 bits per heavy atom. The average molecular weight is 222 g/mol. The number of nitrogens with two attached hydrogens (primary N) is 1. The van der Waals surface area contributed by atoms with Crippen LogP contribution in [0.4, 0.5) is 8.78 Å². The van der Waals surface area contributed by atoms with E-state index < -0.39 is 11.5 Å². The van der Waals surface area contributed by atoms with Gasteiger partial charge < -0.3 is 5.73 Å². The first-order chi connectivity index (χ1) is 6.29. The number of rotatable bonds is 1. The van der Waals surface area contributed by atoms with E-state index in [0.29, 0.717) is 5.69 Å². The summed E-state index contributed by atoms with van der Waals surface area (Å²) in [6.07, 6.45) is -0.355. The van der Waals surface area contributed by atoms with Gasteiger partial charge in [0.2, 0.25) is 0 Å². The molecule has 0 saturated heterocycles. The first-order valence-corrected chi connectivity index (χ1v) is 4.54. The topological polar surface area (TPSA) is 43.8 Å². The lowest BCUT2D eigenvalue weighted by Crippen LogP contribution is -2.28. The van der Waals surface area contributed by atoms with Crippen molar-refractivity contribution in [3.05, 3.63) is 16.4 Å². The van der Waals surface area contributed by atoms with Gasteiger partial charge in [0.25, 0.3) is 5.92 Å². The molecule has 0 radical (unpaired) electrons. The lowest BCUT2D eigenvalue weighted by molar-refractivity contribution is 0.0889. The molecular weight excluding hydrogens is 212 g/mol. The van der Waals surface area contributed by atoms with Gasteiger partial charge >= 0.3 is 0 Å². The smallest absolute Gasteiger partial charge is 0.272 e. The molecule has 2 rings (SSSR count). The van der Waals surface area contributed by atoms with Gasteiger partial charge in [0.1, 0.15) is 10.7 Å². The summed E-state index contributed by atoms with van der Waals surface area (Å²) in [5, 5.41) is 4.15. The highest BCUT2D eigenvalue weighted by molar-refractivity contribution is 6.30. The fourth-order valence-corrected chi connectivity index (χ4v) is 2.06. The Morgan fingerprint density at radius 2 is 2.07 bits per heavy atom. The van der Waals surface area contributed by atoms with Crippen molar-refractivity contribution in [2.75, 3.05) is 0 Å². The maximum Gasteiger partial charge on any atom is 0.272 e. The number of halogens is 3. The zero-order valence-corrected chi connectivity index (χ0v) is 8.57. The third kappa shape index (κ3) is 1.02. The molecule has 1 heterocycles. The first kappa shape index (κ1) is 9.86. The minimum atomic E-state index is -2.86. The van der Waals surface area contributed by atoms with E-state index in [-0.39, 0.29) is 17.1 Å². The number of aryl methyl sites for hydroxylation is 2. The molecule has 1 saturated carbocycles. The molecule has 0 amide bonds. The van der Waals surface area contributed by atoms with E-state index in [4.69, 9.17) is 17.3 Å². The van der Waals surface area contributed by atoms with Gasteiger partial charge in [-0.2, -0.15) is 5.10 Å². The summed E-state index contributed by atoms with van der Waals surface area (Å²) in [5.74, 6) is -2.86. The van der Waals surface area contributed by atoms with Gasteiger partial charge in [-0.05, 0) is 6.92 Å². The summed E-state index contributed by atoms with van der Waals surface area (Å²) in [7, 11) is 1.60. The van der Waals surface area contributed by atoms with Gasteiger partial charge in [-0.1, -0.05) is 11.6 Å². The number of aromatic nitrogens is 2. The highest BCUT2D eigenvalue weighted by Gasteiger charge is 2.71. The largest absolute Gasteiger partial charge is 0.316 e. The molecule has 3 nitrogen and oxygen atoms in total. The van der Waals surface area contributed by atoms with Crippen LogP contribution in [0.2, 0.25) is 5.15 Å². The second kappa shape index (κ2) is 2.46. The number of alkyl halides is 2. The lowest BCUT2D eigenvalue weighted by Gasteiger charge is -2.09. The van der Waals surface area contributed by atoms with Crippen LogP contribution in [0, 0.1) is 6.92 Å². The normalized spacial score (nSPS) is 29.3. The minimum absolute atomic E-state index is 0.196. The molecule has 0 aromatic carbocycles. The Hall–Kier alpha value is -0.680. The maximum absolute atomic E-state index is 13.0. The lowest BCUT2D eigenvalue weighted by atomic mass is 10.1. The first-order valence-electron chi connectivity index (χ1n) is 4.16. The molecule has 1 unspecified atom stereocenters. The highest BCUT2D eigenvalue weighted by atomic mass is 35.5. The Bertz CT molecular complexity index is 402. The van der Waals surface area contributed by atoms with Gasteiger partial charge in [-0.15, -0.1) is 0 Å². The molecular formula is C8H10ClF2N3. The van der Waals surface area contributed by atoms with E-state index in [1.165, 1.54) is 4.68 Å². The van der Waals surface area contributed by atoms with Gasteiger partial charge in [0.15, 0.2) is 0 Å². The number of nitrogens with zero attached hydrogens (tertiary/aromatic N) is 2. The predicted octanol–water partition coefficient (Wildman–Crippen LogP) is 1.57. The molecule has 2 N–H and O–H groups in total. The fourth-order valence-electron chi connectivity index (χ4n) is 1.71. The Kier molecular flexibility index (Phi) is 1.73. The highest BCUT2D eigenvalue weighted by Crippen LogP contribution is 2.59. The Morgan fingerprint density at radius 1 is 1.57 bits per heavy atom. The summed E-state index contributed by atoms with van der Waals surface area (Å²) < 4.78 is 27.4. The van der Waals surface area contributed by atoms with Gasteiger partial charge in [-0.3, -0.25) is 4.68 Å². The summed E-state index contributed by atoms with van der Waals surface area (Å²) in [5.41, 5.74) is 4.70. The molecule has 0 aliphatic heterocycles. The maximum atomic E-state index is 13.0. The van der Waals surface area contributed by atoms with E-state index in [2.05, 4.69) is 5.10 Å². The second-order valence-corrected chi connectivity index (χ2v) is 4.09. The van der Waals surface area contributed by atoms with Crippen molar-refractivity contribution >= 4 is 11.6 Å². The van der Waals surface area contributed by atoms with E-state index in [9.17, 15) is 8.78 Å². The van der Waals surface area contributed by atoms with Crippen molar-refractivity contribution in [3.8, 4) is 0 Å². The summed E-state index contributed by atoms with van der Waals surface area (Å²) in [4.78, 5) is 0. The molecule has 0 spiro atoms. The molecule has 78 valence electrons. The van der Waals surface area contributed by atoms with Gasteiger partial charge in [0.05, 0.1) is 5.69 Å². The van der Waals surface area contributed by atoms with Crippen LogP contribution in [0.15, 0.2) is 0 Å². The fraction of sp³-hybridized carbons (Fsp3) is 0.625. The van der Waals surface area contributed by atoms with Crippen molar-refractivity contribution in [3.63, 3.8) is 0 Å². The Balaban J connectivity index is 2.54. The van der Waals surface area contributed by atoms with Crippen molar-refractivity contribution in [2.24, 2.45) is 12.8 Å². The van der Waals surface area contributed by atoms with Gasteiger partial charge in [0, 0.05) is 19.0 Å². The molecule has 1 aliphatic rings. The quantitative estimate of drug-likeness (QED) is 0.783. The SMILES string of the molecule is Cc1nn(C)c(Cl)c1C1(N)CC1(F)F. The van der Waals surface area contributed by atoms with Crippen LogP contribution in [0.5, 0.6) is 0 Å². The third-order valence-electron chi connectivity index (χ3n) is 2.63. The minimum Gasteiger partial charge on any atom is -0.316 e. The molecule has 6 heteroatoms.